The summed E-state index contributed by atoms with van der Waals surface area (Å²) in [4.78, 5) is 19.9. The fraction of sp³-hybridized carbons (Fsp3) is 0.619. The van der Waals surface area contributed by atoms with Gasteiger partial charge in [-0.3, -0.25) is 4.79 Å². The molecule has 4 bridgehead atoms. The largest absolute Gasteiger partial charge is 0.350 e. The van der Waals surface area contributed by atoms with Crippen LogP contribution in [0.3, 0.4) is 0 Å². The van der Waals surface area contributed by atoms with E-state index in [2.05, 4.69) is 28.4 Å². The third kappa shape index (κ3) is 2.39. The number of carbonyl (C=O) groups excluding carboxylic acids is 1. The van der Waals surface area contributed by atoms with Gasteiger partial charge in [0.1, 0.15) is 0 Å². The molecular weight excluding hydrogens is 342 g/mol. The molecule has 26 heavy (non-hydrogen) atoms. The number of rotatable bonds is 3. The summed E-state index contributed by atoms with van der Waals surface area (Å²) in [6.07, 6.45) is 7.97. The Kier molecular flexibility index (Phi) is 3.23. The number of thiazole rings is 1. The highest BCUT2D eigenvalue weighted by molar-refractivity contribution is 7.22. The van der Waals surface area contributed by atoms with Gasteiger partial charge in [-0.25, -0.2) is 4.98 Å². The number of anilines is 1. The second-order valence-electron chi connectivity index (χ2n) is 9.25. The van der Waals surface area contributed by atoms with Crippen LogP contribution >= 0.6 is 11.3 Å². The van der Waals surface area contributed by atoms with Crippen molar-refractivity contribution in [3.63, 3.8) is 0 Å². The van der Waals surface area contributed by atoms with Crippen molar-refractivity contribution in [3.8, 4) is 0 Å². The van der Waals surface area contributed by atoms with E-state index < -0.39 is 0 Å². The first kappa shape index (κ1) is 15.4. The Bertz CT molecular complexity index is 801. The Morgan fingerprint density at radius 1 is 1.08 bits per heavy atom. The van der Waals surface area contributed by atoms with Gasteiger partial charge in [-0.1, -0.05) is 23.5 Å². The number of para-hydroxylation sites is 1. The van der Waals surface area contributed by atoms with Crippen LogP contribution in [0, 0.1) is 23.7 Å². The average molecular weight is 368 g/mol. The molecule has 1 aromatic heterocycles. The van der Waals surface area contributed by atoms with Crippen LogP contribution in [-0.4, -0.2) is 29.5 Å². The predicted molar refractivity (Wildman–Crippen MR) is 104 cm³/mol. The number of benzene rings is 1. The van der Waals surface area contributed by atoms with Gasteiger partial charge in [0.05, 0.1) is 16.1 Å². The molecule has 1 N–H and O–H groups in total. The van der Waals surface area contributed by atoms with Gasteiger partial charge in [-0.05, 0) is 68.4 Å². The molecule has 4 nitrogen and oxygen atoms in total. The highest BCUT2D eigenvalue weighted by Crippen LogP contribution is 2.55. The number of hydrogen-bond donors (Lipinski definition) is 1. The maximum atomic E-state index is 12.9. The van der Waals surface area contributed by atoms with Gasteiger partial charge in [0.2, 0.25) is 5.91 Å². The highest BCUT2D eigenvalue weighted by atomic mass is 32.1. The Balaban J connectivity index is 1.12. The fourth-order valence-corrected chi connectivity index (χ4v) is 7.41. The average Bonchev–Trinajstić information content (AvgIpc) is 2.94. The number of aromatic nitrogens is 1. The van der Waals surface area contributed by atoms with E-state index in [1.165, 1.54) is 43.2 Å². The minimum atomic E-state index is 0.134. The minimum absolute atomic E-state index is 0.134. The van der Waals surface area contributed by atoms with Crippen LogP contribution in [0.15, 0.2) is 24.3 Å². The minimum Gasteiger partial charge on any atom is -0.350 e. The molecule has 5 aliphatic rings. The first-order chi connectivity index (χ1) is 12.7. The van der Waals surface area contributed by atoms with Gasteiger partial charge in [0.15, 0.2) is 5.13 Å². The molecule has 5 fully saturated rings. The number of nitrogens with one attached hydrogen (secondary N) is 1. The third-order valence-corrected chi connectivity index (χ3v) is 8.33. The molecule has 4 aliphatic carbocycles. The van der Waals surface area contributed by atoms with E-state index in [1.807, 2.05) is 6.07 Å². The monoisotopic (exact) mass is 367 g/mol. The van der Waals surface area contributed by atoms with Gasteiger partial charge < -0.3 is 10.2 Å². The van der Waals surface area contributed by atoms with Crippen molar-refractivity contribution in [1.82, 2.24) is 10.3 Å². The van der Waals surface area contributed by atoms with Crippen LogP contribution in [0.5, 0.6) is 0 Å². The summed E-state index contributed by atoms with van der Waals surface area (Å²) < 4.78 is 1.23. The second kappa shape index (κ2) is 5.44. The Morgan fingerprint density at radius 2 is 1.73 bits per heavy atom. The topological polar surface area (TPSA) is 45.2 Å². The molecule has 2 heterocycles. The van der Waals surface area contributed by atoms with Crippen LogP contribution in [0.25, 0.3) is 10.2 Å². The summed E-state index contributed by atoms with van der Waals surface area (Å²) in [6, 6.07) is 8.27. The zero-order valence-electron chi connectivity index (χ0n) is 15.0. The summed E-state index contributed by atoms with van der Waals surface area (Å²) in [7, 11) is 0. The quantitative estimate of drug-likeness (QED) is 0.897. The molecule has 4 saturated carbocycles. The summed E-state index contributed by atoms with van der Waals surface area (Å²) in [5.41, 5.74) is 1.20. The smallest absolute Gasteiger partial charge is 0.227 e. The molecular formula is C21H25N3OS. The lowest BCUT2D eigenvalue weighted by atomic mass is 9.53. The zero-order valence-corrected chi connectivity index (χ0v) is 15.8. The van der Waals surface area contributed by atoms with Crippen molar-refractivity contribution < 1.29 is 4.79 Å². The van der Waals surface area contributed by atoms with Crippen molar-refractivity contribution in [2.75, 3.05) is 18.0 Å². The fourth-order valence-electron chi connectivity index (χ4n) is 6.42. The molecule has 0 atom stereocenters. The summed E-state index contributed by atoms with van der Waals surface area (Å²) in [5.74, 6) is 3.06. The Labute approximate surface area is 158 Å². The van der Waals surface area contributed by atoms with E-state index in [1.54, 1.807) is 11.3 Å². The summed E-state index contributed by atoms with van der Waals surface area (Å²) in [5, 5.41) is 4.60. The van der Waals surface area contributed by atoms with E-state index in [4.69, 9.17) is 4.98 Å². The standard InChI is InChI=1S/C21H25N3OS/c25-19(23-21-8-13-5-14(9-21)7-15(6-13)10-21)16-11-24(12-16)20-22-17-3-1-2-4-18(17)26-20/h1-4,13-16H,5-12H2,(H,23,25). The second-order valence-corrected chi connectivity index (χ2v) is 10.3. The van der Waals surface area contributed by atoms with E-state index in [0.717, 1.165) is 41.5 Å². The van der Waals surface area contributed by atoms with E-state index in [9.17, 15) is 4.79 Å². The summed E-state index contributed by atoms with van der Waals surface area (Å²) in [6.45, 7) is 1.63. The number of nitrogens with zero attached hydrogens (tertiary/aromatic N) is 2. The first-order valence-electron chi connectivity index (χ1n) is 10.1. The number of hydrogen-bond acceptors (Lipinski definition) is 4. The molecule has 1 aromatic carbocycles. The number of fused-ring (bicyclic) bond motifs is 1. The maximum Gasteiger partial charge on any atom is 0.227 e. The van der Waals surface area contributed by atoms with Crippen molar-refractivity contribution in [2.45, 2.75) is 44.1 Å². The van der Waals surface area contributed by atoms with Gasteiger partial charge in [-0.2, -0.15) is 0 Å². The predicted octanol–water partition coefficient (Wildman–Crippen LogP) is 3.82. The maximum absolute atomic E-state index is 12.9. The van der Waals surface area contributed by atoms with E-state index in [-0.39, 0.29) is 11.5 Å². The van der Waals surface area contributed by atoms with Crippen LogP contribution in [-0.2, 0) is 4.79 Å². The van der Waals surface area contributed by atoms with Gasteiger partial charge in [0, 0.05) is 18.6 Å². The molecule has 7 rings (SSSR count). The number of amides is 1. The lowest BCUT2D eigenvalue weighted by Crippen LogP contribution is -2.63. The Hall–Kier alpha value is -1.62. The van der Waals surface area contributed by atoms with Crippen molar-refractivity contribution in [1.29, 1.82) is 0 Å². The molecule has 0 radical (unpaired) electrons. The molecule has 0 unspecified atom stereocenters. The molecule has 1 amide bonds. The molecule has 1 aliphatic heterocycles. The molecule has 2 aromatic rings. The zero-order chi connectivity index (χ0) is 17.3. The number of carbonyl (C=O) groups is 1. The first-order valence-corrected chi connectivity index (χ1v) is 10.9. The van der Waals surface area contributed by atoms with Gasteiger partial charge in [0.25, 0.3) is 0 Å². The van der Waals surface area contributed by atoms with Crippen LogP contribution in [0.1, 0.15) is 38.5 Å². The van der Waals surface area contributed by atoms with Crippen molar-refractivity contribution in [2.24, 2.45) is 23.7 Å². The van der Waals surface area contributed by atoms with Gasteiger partial charge in [-0.15, -0.1) is 0 Å². The van der Waals surface area contributed by atoms with E-state index >= 15 is 0 Å². The van der Waals surface area contributed by atoms with Gasteiger partial charge >= 0.3 is 0 Å². The van der Waals surface area contributed by atoms with Crippen LogP contribution < -0.4 is 10.2 Å². The molecule has 5 heteroatoms. The lowest BCUT2D eigenvalue weighted by molar-refractivity contribution is -0.131. The molecule has 1 saturated heterocycles. The lowest BCUT2D eigenvalue weighted by Gasteiger charge is -2.57. The van der Waals surface area contributed by atoms with Crippen molar-refractivity contribution in [3.05, 3.63) is 24.3 Å². The SMILES string of the molecule is O=C(NC12CC3CC(CC(C3)C1)C2)C1CN(c2nc3ccccc3s2)C1. The third-order valence-electron chi connectivity index (χ3n) is 7.23. The highest BCUT2D eigenvalue weighted by Gasteiger charge is 2.52. The molecule has 136 valence electrons. The Morgan fingerprint density at radius 3 is 2.38 bits per heavy atom. The van der Waals surface area contributed by atoms with Crippen LogP contribution in [0.2, 0.25) is 0 Å². The van der Waals surface area contributed by atoms with Crippen LogP contribution in [0.4, 0.5) is 5.13 Å². The normalized spacial score (nSPS) is 35.7. The van der Waals surface area contributed by atoms with E-state index in [0.29, 0.717) is 5.91 Å². The summed E-state index contributed by atoms with van der Waals surface area (Å²) >= 11 is 1.73. The van der Waals surface area contributed by atoms with Crippen molar-refractivity contribution >= 4 is 32.6 Å². The molecule has 0 spiro atoms.